The molecule has 0 saturated heterocycles. The first-order valence-electron chi connectivity index (χ1n) is 5.45. The van der Waals surface area contributed by atoms with Gasteiger partial charge in [-0.3, -0.25) is 4.79 Å². The van der Waals surface area contributed by atoms with Crippen LogP contribution in [0.25, 0.3) is 22.2 Å². The van der Waals surface area contributed by atoms with Crippen LogP contribution < -0.4 is 5.56 Å². The molecule has 0 aliphatic carbocycles. The lowest BCUT2D eigenvalue weighted by Crippen LogP contribution is -2.13. The van der Waals surface area contributed by atoms with Crippen LogP contribution in [-0.4, -0.2) is 9.97 Å². The van der Waals surface area contributed by atoms with Crippen LogP contribution in [0, 0.1) is 17.1 Å². The molecule has 0 amide bonds. The maximum Gasteiger partial charge on any atom is 0.267 e. The van der Waals surface area contributed by atoms with E-state index in [9.17, 15) is 14.4 Å². The number of aromatic nitrogens is 2. The van der Waals surface area contributed by atoms with E-state index >= 15 is 0 Å². The molecule has 0 unspecified atom stereocenters. The Morgan fingerprint density at radius 2 is 2.25 bits per heavy atom. The van der Waals surface area contributed by atoms with E-state index in [0.717, 1.165) is 6.07 Å². The van der Waals surface area contributed by atoms with Gasteiger partial charge in [0.05, 0.1) is 16.7 Å². The molecule has 1 N–H and O–H groups in total. The standard InChI is InChI=1S/C13H5ClFN3OS/c14-6-1-7-11(10-4-20-5-17-10)8(3-16)13(19)18-12(7)9(15)2-6/h1-2,4-5H,(H,18,19). The minimum atomic E-state index is -0.649. The van der Waals surface area contributed by atoms with Crippen molar-refractivity contribution >= 4 is 33.8 Å². The molecule has 2 aromatic heterocycles. The molecule has 4 nitrogen and oxygen atoms in total. The van der Waals surface area contributed by atoms with Gasteiger partial charge in [-0.2, -0.15) is 5.26 Å². The zero-order chi connectivity index (χ0) is 14.3. The van der Waals surface area contributed by atoms with Crippen molar-refractivity contribution in [3.8, 4) is 17.3 Å². The van der Waals surface area contributed by atoms with Crippen LogP contribution in [0.15, 0.2) is 27.8 Å². The van der Waals surface area contributed by atoms with Gasteiger partial charge >= 0.3 is 0 Å². The van der Waals surface area contributed by atoms with Crippen molar-refractivity contribution in [3.05, 3.63) is 49.8 Å². The molecule has 3 rings (SSSR count). The van der Waals surface area contributed by atoms with Gasteiger partial charge in [0.2, 0.25) is 0 Å². The van der Waals surface area contributed by atoms with Crippen LogP contribution in [0.3, 0.4) is 0 Å². The molecule has 0 bridgehead atoms. The van der Waals surface area contributed by atoms with E-state index in [1.165, 1.54) is 17.4 Å². The quantitative estimate of drug-likeness (QED) is 0.750. The lowest BCUT2D eigenvalue weighted by atomic mass is 10.0. The second kappa shape index (κ2) is 4.71. The van der Waals surface area contributed by atoms with Crippen molar-refractivity contribution in [2.24, 2.45) is 0 Å². The number of nitrogens with zero attached hydrogens (tertiary/aromatic N) is 2. The van der Waals surface area contributed by atoms with E-state index in [1.54, 1.807) is 10.9 Å². The highest BCUT2D eigenvalue weighted by Crippen LogP contribution is 2.32. The number of nitriles is 1. The SMILES string of the molecule is N#Cc1c(-c2cscn2)c2cc(Cl)cc(F)c2[nH]c1=O. The van der Waals surface area contributed by atoms with E-state index < -0.39 is 11.4 Å². The van der Waals surface area contributed by atoms with E-state index in [-0.39, 0.29) is 16.1 Å². The van der Waals surface area contributed by atoms with Crippen molar-refractivity contribution < 1.29 is 4.39 Å². The fraction of sp³-hybridized carbons (Fsp3) is 0. The minimum Gasteiger partial charge on any atom is -0.318 e. The highest BCUT2D eigenvalue weighted by atomic mass is 35.5. The molecule has 7 heteroatoms. The zero-order valence-corrected chi connectivity index (χ0v) is 11.3. The van der Waals surface area contributed by atoms with E-state index in [2.05, 4.69) is 9.97 Å². The Morgan fingerprint density at radius 3 is 2.90 bits per heavy atom. The van der Waals surface area contributed by atoms with Crippen molar-refractivity contribution in [3.63, 3.8) is 0 Å². The first-order valence-corrected chi connectivity index (χ1v) is 6.77. The van der Waals surface area contributed by atoms with Gasteiger partial charge in [-0.15, -0.1) is 11.3 Å². The van der Waals surface area contributed by atoms with E-state index in [4.69, 9.17) is 11.6 Å². The Labute approximate surface area is 121 Å². The number of rotatable bonds is 1. The third-order valence-corrected chi connectivity index (χ3v) is 3.64. The van der Waals surface area contributed by atoms with Crippen LogP contribution in [0.5, 0.6) is 0 Å². The Kier molecular flexibility index (Phi) is 3.01. The van der Waals surface area contributed by atoms with Crippen LogP contribution in [0.4, 0.5) is 4.39 Å². The average molecular weight is 306 g/mol. The van der Waals surface area contributed by atoms with Gasteiger partial charge < -0.3 is 4.98 Å². The van der Waals surface area contributed by atoms with Crippen molar-refractivity contribution in [2.45, 2.75) is 0 Å². The maximum absolute atomic E-state index is 13.9. The summed E-state index contributed by atoms with van der Waals surface area (Å²) in [5.74, 6) is -0.648. The number of H-pyrrole nitrogens is 1. The van der Waals surface area contributed by atoms with Gasteiger partial charge in [0, 0.05) is 21.4 Å². The first-order chi connectivity index (χ1) is 9.61. The Balaban J connectivity index is 2.59. The molecule has 0 atom stereocenters. The lowest BCUT2D eigenvalue weighted by Gasteiger charge is -2.07. The second-order valence-electron chi connectivity index (χ2n) is 4.00. The van der Waals surface area contributed by atoms with Gasteiger partial charge in [0.15, 0.2) is 0 Å². The Hall–Kier alpha value is -2.23. The van der Waals surface area contributed by atoms with Crippen LogP contribution in [0.2, 0.25) is 5.02 Å². The topological polar surface area (TPSA) is 69.5 Å². The predicted octanol–water partition coefficient (Wildman–Crippen LogP) is 3.32. The number of aromatic amines is 1. The fourth-order valence-electron chi connectivity index (χ4n) is 2.03. The second-order valence-corrected chi connectivity index (χ2v) is 5.15. The van der Waals surface area contributed by atoms with Gasteiger partial charge in [0.1, 0.15) is 17.4 Å². The van der Waals surface area contributed by atoms with Crippen LogP contribution in [0.1, 0.15) is 5.56 Å². The smallest absolute Gasteiger partial charge is 0.267 e. The summed E-state index contributed by atoms with van der Waals surface area (Å²) in [7, 11) is 0. The van der Waals surface area contributed by atoms with E-state index in [0.29, 0.717) is 16.6 Å². The number of hydrogen-bond donors (Lipinski definition) is 1. The number of hydrogen-bond acceptors (Lipinski definition) is 4. The molecular formula is C13H5ClFN3OS. The summed E-state index contributed by atoms with van der Waals surface area (Å²) in [4.78, 5) is 18.4. The van der Waals surface area contributed by atoms with Crippen molar-refractivity contribution in [2.75, 3.05) is 0 Å². The number of fused-ring (bicyclic) bond motifs is 1. The summed E-state index contributed by atoms with van der Waals surface area (Å²) in [6, 6.07) is 4.45. The monoisotopic (exact) mass is 305 g/mol. The molecule has 0 radical (unpaired) electrons. The summed E-state index contributed by atoms with van der Waals surface area (Å²) in [5.41, 5.74) is 1.58. The molecule has 0 aliphatic rings. The molecule has 0 spiro atoms. The van der Waals surface area contributed by atoms with Crippen LogP contribution in [-0.2, 0) is 0 Å². The third-order valence-electron chi connectivity index (χ3n) is 2.84. The Bertz CT molecular complexity index is 912. The molecule has 98 valence electrons. The summed E-state index contributed by atoms with van der Waals surface area (Å²) < 4.78 is 13.9. The molecular weight excluding hydrogens is 301 g/mol. The number of pyridine rings is 1. The highest BCUT2D eigenvalue weighted by molar-refractivity contribution is 7.07. The summed E-state index contributed by atoms with van der Waals surface area (Å²) in [6.07, 6.45) is 0. The van der Waals surface area contributed by atoms with Gasteiger partial charge in [0.25, 0.3) is 5.56 Å². The lowest BCUT2D eigenvalue weighted by molar-refractivity contribution is 0.636. The molecule has 0 saturated carbocycles. The van der Waals surface area contributed by atoms with Gasteiger partial charge in [-0.25, -0.2) is 9.37 Å². The van der Waals surface area contributed by atoms with Crippen molar-refractivity contribution in [1.29, 1.82) is 5.26 Å². The average Bonchev–Trinajstić information content (AvgIpc) is 2.92. The molecule has 0 aliphatic heterocycles. The Morgan fingerprint density at radius 1 is 1.45 bits per heavy atom. The summed E-state index contributed by atoms with van der Waals surface area (Å²) in [6.45, 7) is 0. The normalized spacial score (nSPS) is 10.7. The fourth-order valence-corrected chi connectivity index (χ4v) is 2.78. The summed E-state index contributed by atoms with van der Waals surface area (Å²) in [5, 5.41) is 11.4. The van der Waals surface area contributed by atoms with Gasteiger partial charge in [-0.05, 0) is 12.1 Å². The van der Waals surface area contributed by atoms with Gasteiger partial charge in [-0.1, -0.05) is 11.6 Å². The number of thiazole rings is 1. The predicted molar refractivity (Wildman–Crippen MR) is 75.4 cm³/mol. The number of benzene rings is 1. The molecule has 0 fully saturated rings. The maximum atomic E-state index is 13.9. The molecule has 20 heavy (non-hydrogen) atoms. The molecule has 2 heterocycles. The van der Waals surface area contributed by atoms with Crippen LogP contribution >= 0.6 is 22.9 Å². The molecule has 3 aromatic rings. The first kappa shape index (κ1) is 12.8. The summed E-state index contributed by atoms with van der Waals surface area (Å²) >= 11 is 7.18. The largest absolute Gasteiger partial charge is 0.318 e. The highest BCUT2D eigenvalue weighted by Gasteiger charge is 2.18. The number of nitrogens with one attached hydrogen (secondary N) is 1. The van der Waals surface area contributed by atoms with Crippen molar-refractivity contribution in [1.82, 2.24) is 9.97 Å². The number of halogens is 2. The molecule has 1 aromatic carbocycles. The minimum absolute atomic E-state index is 0.0152. The zero-order valence-electron chi connectivity index (χ0n) is 9.78. The third kappa shape index (κ3) is 1.88. The van der Waals surface area contributed by atoms with E-state index in [1.807, 2.05) is 6.07 Å².